The number of hydrogen-bond acceptors (Lipinski definition) is 4. The molecule has 7 nitrogen and oxygen atoms in total. The number of anilines is 1. The number of piperazine rings is 1. The molecule has 2 aliphatic rings. The van der Waals surface area contributed by atoms with Gasteiger partial charge in [0.05, 0.1) is 18.8 Å². The number of aromatic nitrogens is 1. The molecule has 6 rings (SSSR count). The van der Waals surface area contributed by atoms with Gasteiger partial charge in [-0.25, -0.2) is 0 Å². The Bertz CT molecular complexity index is 1490. The second-order valence-electron chi connectivity index (χ2n) is 9.68. The van der Waals surface area contributed by atoms with Gasteiger partial charge in [0.2, 0.25) is 5.91 Å². The molecule has 188 valence electrons. The Balaban J connectivity index is 1.25. The molecule has 1 fully saturated rings. The van der Waals surface area contributed by atoms with Crippen molar-refractivity contribution >= 4 is 28.4 Å². The molecule has 0 bridgehead atoms. The largest absolute Gasteiger partial charge is 0.495 e. The van der Waals surface area contributed by atoms with Crippen molar-refractivity contribution in [3.8, 4) is 5.75 Å². The van der Waals surface area contributed by atoms with E-state index in [1.807, 2.05) is 72.6 Å². The van der Waals surface area contributed by atoms with Crippen LogP contribution in [0.15, 0.2) is 79.0 Å². The monoisotopic (exact) mass is 494 g/mol. The van der Waals surface area contributed by atoms with Crippen LogP contribution in [0, 0.1) is 0 Å². The number of nitrogens with zero attached hydrogens (tertiary/aromatic N) is 4. The van der Waals surface area contributed by atoms with Gasteiger partial charge in [-0.2, -0.15) is 0 Å². The number of methoxy groups -OCH3 is 1. The van der Waals surface area contributed by atoms with Crippen molar-refractivity contribution in [1.82, 2.24) is 14.4 Å². The minimum atomic E-state index is -0.298. The van der Waals surface area contributed by atoms with Gasteiger partial charge in [0.1, 0.15) is 12.3 Å². The number of ether oxygens (including phenoxy) is 1. The summed E-state index contributed by atoms with van der Waals surface area (Å²) < 4.78 is 7.61. The summed E-state index contributed by atoms with van der Waals surface area (Å²) in [7, 11) is 3.70. The first-order valence-electron chi connectivity index (χ1n) is 12.7. The van der Waals surface area contributed by atoms with E-state index < -0.39 is 0 Å². The van der Waals surface area contributed by atoms with Crippen molar-refractivity contribution in [2.75, 3.05) is 44.7 Å². The van der Waals surface area contributed by atoms with Gasteiger partial charge in [0, 0.05) is 61.5 Å². The summed E-state index contributed by atoms with van der Waals surface area (Å²) in [6.07, 6.45) is 2.09. The number of rotatable bonds is 5. The Morgan fingerprint density at radius 1 is 0.892 bits per heavy atom. The quantitative estimate of drug-likeness (QED) is 0.420. The Morgan fingerprint density at radius 3 is 2.41 bits per heavy atom. The maximum absolute atomic E-state index is 13.6. The predicted octanol–water partition coefficient (Wildman–Crippen LogP) is 4.08. The molecular formula is C30H30N4O3. The van der Waals surface area contributed by atoms with Gasteiger partial charge in [0.25, 0.3) is 5.91 Å². The standard InChI is InChI=1S/C30H30N4O3/c1-31-19-24(21-9-5-6-12-25(21)31)29-22-10-3-4-11-23(22)30(36)34(29)20-28(35)33-17-15-32(16-18-33)26-13-7-8-14-27(26)37-2/h3-14,19,29H,15-18,20H2,1-2H3/t29-/m0/s1. The summed E-state index contributed by atoms with van der Waals surface area (Å²) in [5.41, 5.74) is 4.82. The number of amides is 2. The Kier molecular flexibility index (Phi) is 5.83. The number of carbonyl (C=O) groups excluding carboxylic acids is 2. The molecule has 4 aromatic rings. The molecule has 3 aromatic carbocycles. The van der Waals surface area contributed by atoms with Crippen molar-refractivity contribution in [2.45, 2.75) is 6.04 Å². The molecule has 3 heterocycles. The van der Waals surface area contributed by atoms with Crippen LogP contribution in [0.2, 0.25) is 0 Å². The minimum Gasteiger partial charge on any atom is -0.495 e. The SMILES string of the molecule is COc1ccccc1N1CCN(C(=O)CN2C(=O)c3ccccc3[C@H]2c2cn(C)c3ccccc23)CC1. The van der Waals surface area contributed by atoms with Crippen molar-refractivity contribution in [3.63, 3.8) is 0 Å². The molecule has 0 radical (unpaired) electrons. The molecule has 0 unspecified atom stereocenters. The third kappa shape index (κ3) is 3.91. The summed E-state index contributed by atoms with van der Waals surface area (Å²) in [5.74, 6) is 0.723. The number of benzene rings is 3. The van der Waals surface area contributed by atoms with Gasteiger partial charge >= 0.3 is 0 Å². The van der Waals surface area contributed by atoms with Gasteiger partial charge in [-0.1, -0.05) is 48.5 Å². The lowest BCUT2D eigenvalue weighted by Crippen LogP contribution is -2.51. The van der Waals surface area contributed by atoms with E-state index in [2.05, 4.69) is 27.8 Å². The highest BCUT2D eigenvalue weighted by molar-refractivity contribution is 6.02. The third-order valence-corrected chi connectivity index (χ3v) is 7.64. The zero-order chi connectivity index (χ0) is 25.5. The molecule has 7 heteroatoms. The normalized spacial score (nSPS) is 17.4. The maximum atomic E-state index is 13.6. The third-order valence-electron chi connectivity index (χ3n) is 7.64. The number of hydrogen-bond donors (Lipinski definition) is 0. The summed E-state index contributed by atoms with van der Waals surface area (Å²) in [4.78, 5) is 33.0. The van der Waals surface area contributed by atoms with Crippen LogP contribution >= 0.6 is 0 Å². The Morgan fingerprint density at radius 2 is 1.59 bits per heavy atom. The van der Waals surface area contributed by atoms with Crippen LogP contribution in [-0.4, -0.2) is 66.0 Å². The van der Waals surface area contributed by atoms with Gasteiger partial charge in [-0.15, -0.1) is 0 Å². The van der Waals surface area contributed by atoms with Crippen LogP contribution in [0.1, 0.15) is 27.5 Å². The van der Waals surface area contributed by atoms with E-state index in [9.17, 15) is 9.59 Å². The van der Waals surface area contributed by atoms with Crippen LogP contribution in [0.3, 0.4) is 0 Å². The summed E-state index contributed by atoms with van der Waals surface area (Å²) >= 11 is 0. The first kappa shape index (κ1) is 23.2. The van der Waals surface area contributed by atoms with E-state index in [1.165, 1.54) is 0 Å². The van der Waals surface area contributed by atoms with Gasteiger partial charge in [-0.05, 0) is 29.8 Å². The van der Waals surface area contributed by atoms with Gasteiger partial charge < -0.3 is 24.0 Å². The highest BCUT2D eigenvalue weighted by Gasteiger charge is 2.40. The molecule has 1 saturated heterocycles. The molecule has 2 amide bonds. The smallest absolute Gasteiger partial charge is 0.255 e. The first-order valence-corrected chi connectivity index (χ1v) is 12.7. The van der Waals surface area contributed by atoms with Crippen LogP contribution < -0.4 is 9.64 Å². The molecular weight excluding hydrogens is 464 g/mol. The van der Waals surface area contributed by atoms with Crippen LogP contribution in [0.5, 0.6) is 5.75 Å². The Hall–Kier alpha value is -4.26. The van der Waals surface area contributed by atoms with Crippen LogP contribution in [0.4, 0.5) is 5.69 Å². The van der Waals surface area contributed by atoms with Crippen LogP contribution in [0.25, 0.3) is 10.9 Å². The zero-order valence-electron chi connectivity index (χ0n) is 21.1. The fourth-order valence-electron chi connectivity index (χ4n) is 5.79. The van der Waals surface area contributed by atoms with Crippen molar-refractivity contribution in [1.29, 1.82) is 0 Å². The minimum absolute atomic E-state index is 0.0222. The highest BCUT2D eigenvalue weighted by Crippen LogP contribution is 2.41. The molecule has 0 spiro atoms. The number of fused-ring (bicyclic) bond motifs is 2. The number of para-hydroxylation sites is 3. The lowest BCUT2D eigenvalue weighted by atomic mass is 9.97. The zero-order valence-corrected chi connectivity index (χ0v) is 21.1. The highest BCUT2D eigenvalue weighted by atomic mass is 16.5. The van der Waals surface area contributed by atoms with Crippen molar-refractivity contribution < 1.29 is 14.3 Å². The maximum Gasteiger partial charge on any atom is 0.255 e. The first-order chi connectivity index (χ1) is 18.1. The average Bonchev–Trinajstić information content (AvgIpc) is 3.42. The molecule has 0 saturated carbocycles. The molecule has 1 atom stereocenters. The molecule has 0 aliphatic carbocycles. The lowest BCUT2D eigenvalue weighted by molar-refractivity contribution is -0.132. The fourth-order valence-corrected chi connectivity index (χ4v) is 5.79. The van der Waals surface area contributed by atoms with E-state index in [4.69, 9.17) is 4.74 Å². The van der Waals surface area contributed by atoms with E-state index in [-0.39, 0.29) is 24.4 Å². The van der Waals surface area contributed by atoms with Crippen molar-refractivity contribution in [2.24, 2.45) is 7.05 Å². The summed E-state index contributed by atoms with van der Waals surface area (Å²) in [6.45, 7) is 2.69. The van der Waals surface area contributed by atoms with E-state index in [0.29, 0.717) is 31.7 Å². The predicted molar refractivity (Wildman–Crippen MR) is 144 cm³/mol. The van der Waals surface area contributed by atoms with Gasteiger partial charge in [-0.3, -0.25) is 9.59 Å². The lowest BCUT2D eigenvalue weighted by Gasteiger charge is -2.37. The topological polar surface area (TPSA) is 58.0 Å². The van der Waals surface area contributed by atoms with E-state index in [1.54, 1.807) is 12.0 Å². The van der Waals surface area contributed by atoms with E-state index >= 15 is 0 Å². The summed E-state index contributed by atoms with van der Waals surface area (Å²) in [5, 5.41) is 1.10. The molecule has 1 aromatic heterocycles. The van der Waals surface area contributed by atoms with Gasteiger partial charge in [0.15, 0.2) is 0 Å². The Labute approximate surface area is 216 Å². The number of aryl methyl sites for hydroxylation is 1. The van der Waals surface area contributed by atoms with Crippen LogP contribution in [-0.2, 0) is 11.8 Å². The summed E-state index contributed by atoms with van der Waals surface area (Å²) in [6, 6.07) is 23.6. The molecule has 37 heavy (non-hydrogen) atoms. The van der Waals surface area contributed by atoms with Crippen molar-refractivity contribution in [3.05, 3.63) is 95.7 Å². The number of carbonyl (C=O) groups is 2. The second-order valence-corrected chi connectivity index (χ2v) is 9.68. The average molecular weight is 495 g/mol. The molecule has 0 N–H and O–H groups in total. The fraction of sp³-hybridized carbons (Fsp3) is 0.267. The second kappa shape index (κ2) is 9.32. The van der Waals surface area contributed by atoms with E-state index in [0.717, 1.165) is 33.5 Å². The molecule has 2 aliphatic heterocycles.